The van der Waals surface area contributed by atoms with Crippen molar-refractivity contribution in [2.24, 2.45) is 5.73 Å². The second-order valence-corrected chi connectivity index (χ2v) is 4.88. The lowest BCUT2D eigenvalue weighted by atomic mass is 10.1. The largest absolute Gasteiger partial charge is 0.326 e. The number of anilines is 1. The van der Waals surface area contributed by atoms with Gasteiger partial charge in [0.1, 0.15) is 11.3 Å². The molecule has 1 aromatic carbocycles. The van der Waals surface area contributed by atoms with E-state index in [1.54, 1.807) is 10.6 Å². The number of carbonyl (C=O) groups is 1. The SMILES string of the molecule is Cc1ccc(CN)cc1NC(=O)c1cnc2ccccn12. The minimum atomic E-state index is -0.189. The molecule has 0 spiro atoms. The van der Waals surface area contributed by atoms with Crippen LogP contribution in [0.2, 0.25) is 0 Å². The van der Waals surface area contributed by atoms with E-state index in [-0.39, 0.29) is 5.91 Å². The van der Waals surface area contributed by atoms with Crippen molar-refractivity contribution in [1.82, 2.24) is 9.38 Å². The van der Waals surface area contributed by atoms with Gasteiger partial charge in [-0.1, -0.05) is 18.2 Å². The van der Waals surface area contributed by atoms with Gasteiger partial charge in [0.2, 0.25) is 0 Å². The third kappa shape index (κ3) is 2.51. The fraction of sp³-hybridized carbons (Fsp3) is 0.125. The van der Waals surface area contributed by atoms with Gasteiger partial charge in [-0.05, 0) is 36.2 Å². The molecule has 0 saturated heterocycles. The Morgan fingerprint density at radius 3 is 3.00 bits per heavy atom. The fourth-order valence-corrected chi connectivity index (χ4v) is 2.22. The average molecular weight is 280 g/mol. The Morgan fingerprint density at radius 1 is 1.33 bits per heavy atom. The molecular formula is C16H16N4O. The maximum absolute atomic E-state index is 12.4. The Hall–Kier alpha value is -2.66. The van der Waals surface area contributed by atoms with Crippen LogP contribution in [0.25, 0.3) is 5.65 Å². The quantitative estimate of drug-likeness (QED) is 0.773. The van der Waals surface area contributed by atoms with Crippen LogP contribution in [0.4, 0.5) is 5.69 Å². The molecule has 0 aliphatic carbocycles. The van der Waals surface area contributed by atoms with Gasteiger partial charge in [-0.25, -0.2) is 4.98 Å². The monoisotopic (exact) mass is 280 g/mol. The van der Waals surface area contributed by atoms with Crippen LogP contribution in [0.1, 0.15) is 21.6 Å². The summed E-state index contributed by atoms with van der Waals surface area (Å²) in [7, 11) is 0. The van der Waals surface area contributed by atoms with Crippen LogP contribution in [0.15, 0.2) is 48.8 Å². The van der Waals surface area contributed by atoms with Gasteiger partial charge in [-0.2, -0.15) is 0 Å². The highest BCUT2D eigenvalue weighted by molar-refractivity contribution is 6.03. The predicted octanol–water partition coefficient (Wildman–Crippen LogP) is 2.35. The molecule has 5 nitrogen and oxygen atoms in total. The topological polar surface area (TPSA) is 72.4 Å². The number of imidazole rings is 1. The van der Waals surface area contributed by atoms with Gasteiger partial charge in [-0.15, -0.1) is 0 Å². The first-order chi connectivity index (χ1) is 10.2. The Kier molecular flexibility index (Phi) is 3.41. The number of nitrogens with one attached hydrogen (secondary N) is 1. The molecule has 0 saturated carbocycles. The molecule has 0 unspecified atom stereocenters. The van der Waals surface area contributed by atoms with Crippen LogP contribution < -0.4 is 11.1 Å². The van der Waals surface area contributed by atoms with Crippen LogP contribution in [0, 0.1) is 6.92 Å². The molecule has 5 heteroatoms. The fourth-order valence-electron chi connectivity index (χ4n) is 2.22. The van der Waals surface area contributed by atoms with Crippen LogP contribution >= 0.6 is 0 Å². The average Bonchev–Trinajstić information content (AvgIpc) is 2.93. The molecule has 0 fully saturated rings. The van der Waals surface area contributed by atoms with Crippen LogP contribution in [0.5, 0.6) is 0 Å². The van der Waals surface area contributed by atoms with Gasteiger partial charge in [0.25, 0.3) is 5.91 Å². The number of nitrogens with two attached hydrogens (primary N) is 1. The Bertz CT molecular complexity index is 807. The molecular weight excluding hydrogens is 264 g/mol. The summed E-state index contributed by atoms with van der Waals surface area (Å²) in [4.78, 5) is 16.7. The van der Waals surface area contributed by atoms with Crippen molar-refractivity contribution < 1.29 is 4.79 Å². The number of aryl methyl sites for hydroxylation is 1. The number of rotatable bonds is 3. The lowest BCUT2D eigenvalue weighted by Crippen LogP contribution is -2.15. The van der Waals surface area contributed by atoms with E-state index in [2.05, 4.69) is 10.3 Å². The van der Waals surface area contributed by atoms with E-state index >= 15 is 0 Å². The van der Waals surface area contributed by atoms with E-state index in [0.29, 0.717) is 12.2 Å². The molecule has 3 N–H and O–H groups in total. The number of aromatic nitrogens is 2. The molecule has 1 amide bonds. The second-order valence-electron chi connectivity index (χ2n) is 4.88. The third-order valence-corrected chi connectivity index (χ3v) is 3.44. The van der Waals surface area contributed by atoms with Crippen molar-refractivity contribution in [1.29, 1.82) is 0 Å². The standard InChI is InChI=1S/C16H16N4O/c1-11-5-6-12(9-17)8-13(11)19-16(21)14-10-18-15-4-2-3-7-20(14)15/h2-8,10H,9,17H2,1H3,(H,19,21). The van der Waals surface area contributed by atoms with Crippen LogP contribution in [-0.4, -0.2) is 15.3 Å². The molecule has 106 valence electrons. The second kappa shape index (κ2) is 5.38. The summed E-state index contributed by atoms with van der Waals surface area (Å²) in [6.07, 6.45) is 3.40. The molecule has 21 heavy (non-hydrogen) atoms. The number of benzene rings is 1. The Morgan fingerprint density at radius 2 is 2.19 bits per heavy atom. The maximum atomic E-state index is 12.4. The van der Waals surface area contributed by atoms with E-state index in [4.69, 9.17) is 5.73 Å². The highest BCUT2D eigenvalue weighted by atomic mass is 16.1. The van der Waals surface area contributed by atoms with Crippen molar-refractivity contribution in [2.75, 3.05) is 5.32 Å². The van der Waals surface area contributed by atoms with Gasteiger partial charge in [0.15, 0.2) is 0 Å². The first kappa shape index (κ1) is 13.3. The van der Waals surface area contributed by atoms with E-state index < -0.39 is 0 Å². The zero-order valence-corrected chi connectivity index (χ0v) is 11.7. The molecule has 2 heterocycles. The summed E-state index contributed by atoms with van der Waals surface area (Å²) in [5.74, 6) is -0.189. The third-order valence-electron chi connectivity index (χ3n) is 3.44. The van der Waals surface area contributed by atoms with Crippen molar-refractivity contribution in [3.63, 3.8) is 0 Å². The minimum absolute atomic E-state index is 0.189. The van der Waals surface area contributed by atoms with Crippen LogP contribution in [-0.2, 0) is 6.54 Å². The normalized spacial score (nSPS) is 10.8. The van der Waals surface area contributed by atoms with Gasteiger partial charge in [0, 0.05) is 18.4 Å². The smallest absolute Gasteiger partial charge is 0.274 e. The number of hydrogen-bond acceptors (Lipinski definition) is 3. The maximum Gasteiger partial charge on any atom is 0.274 e. The number of fused-ring (bicyclic) bond motifs is 1. The first-order valence-electron chi connectivity index (χ1n) is 6.72. The lowest BCUT2D eigenvalue weighted by molar-refractivity contribution is 0.102. The van der Waals surface area contributed by atoms with Crippen LogP contribution in [0.3, 0.4) is 0 Å². The summed E-state index contributed by atoms with van der Waals surface area (Å²) < 4.78 is 1.76. The van der Waals surface area contributed by atoms with E-state index in [9.17, 15) is 4.79 Å². The minimum Gasteiger partial charge on any atom is -0.326 e. The molecule has 3 rings (SSSR count). The molecule has 0 radical (unpaired) electrons. The number of nitrogens with zero attached hydrogens (tertiary/aromatic N) is 2. The zero-order valence-electron chi connectivity index (χ0n) is 11.7. The molecule has 0 bridgehead atoms. The number of amides is 1. The first-order valence-corrected chi connectivity index (χ1v) is 6.72. The van der Waals surface area contributed by atoms with Crippen molar-refractivity contribution in [2.45, 2.75) is 13.5 Å². The summed E-state index contributed by atoms with van der Waals surface area (Å²) >= 11 is 0. The molecule has 3 aromatic rings. The predicted molar refractivity (Wildman–Crippen MR) is 82.2 cm³/mol. The van der Waals surface area contributed by atoms with E-state index in [0.717, 1.165) is 22.5 Å². The van der Waals surface area contributed by atoms with Crippen molar-refractivity contribution in [3.05, 3.63) is 65.6 Å². The number of pyridine rings is 1. The molecule has 0 atom stereocenters. The highest BCUT2D eigenvalue weighted by Crippen LogP contribution is 2.18. The summed E-state index contributed by atoms with van der Waals surface area (Å²) in [6, 6.07) is 11.4. The number of hydrogen-bond donors (Lipinski definition) is 2. The molecule has 0 aliphatic rings. The zero-order chi connectivity index (χ0) is 14.8. The lowest BCUT2D eigenvalue weighted by Gasteiger charge is -2.10. The molecule has 0 aliphatic heterocycles. The van der Waals surface area contributed by atoms with E-state index in [1.807, 2.05) is 49.5 Å². The van der Waals surface area contributed by atoms with Gasteiger partial charge in [-0.3, -0.25) is 9.20 Å². The highest BCUT2D eigenvalue weighted by Gasteiger charge is 2.13. The van der Waals surface area contributed by atoms with E-state index in [1.165, 1.54) is 0 Å². The Labute approximate surface area is 122 Å². The van der Waals surface area contributed by atoms with Gasteiger partial charge >= 0.3 is 0 Å². The Balaban J connectivity index is 1.93. The van der Waals surface area contributed by atoms with Crippen molar-refractivity contribution in [3.8, 4) is 0 Å². The summed E-state index contributed by atoms with van der Waals surface area (Å²) in [5.41, 5.74) is 9.64. The molecule has 2 aromatic heterocycles. The van der Waals surface area contributed by atoms with Gasteiger partial charge in [0.05, 0.1) is 6.20 Å². The summed E-state index contributed by atoms with van der Waals surface area (Å²) in [6.45, 7) is 2.39. The van der Waals surface area contributed by atoms with Gasteiger partial charge < -0.3 is 11.1 Å². The number of carbonyl (C=O) groups excluding carboxylic acids is 1. The van der Waals surface area contributed by atoms with Crippen molar-refractivity contribution >= 4 is 17.2 Å². The summed E-state index contributed by atoms with van der Waals surface area (Å²) in [5, 5.41) is 2.92.